The molecule has 2 nitrogen and oxygen atoms in total. The Bertz CT molecular complexity index is 282. The maximum atomic E-state index is 11.5. The molecule has 0 fully saturated rings. The maximum Gasteiger partial charge on any atom is 0.222 e. The smallest absolute Gasteiger partial charge is 0.222 e. The lowest BCUT2D eigenvalue weighted by Crippen LogP contribution is -2.25. The molecule has 1 amide bonds. The van der Waals surface area contributed by atoms with Crippen LogP contribution in [0.3, 0.4) is 0 Å². The van der Waals surface area contributed by atoms with Crippen molar-refractivity contribution in [3.8, 4) is 0 Å². The van der Waals surface area contributed by atoms with E-state index in [1.54, 1.807) is 4.90 Å². The highest BCUT2D eigenvalue weighted by Crippen LogP contribution is 2.04. The van der Waals surface area contributed by atoms with E-state index in [1.807, 2.05) is 44.3 Å². The molecule has 0 atom stereocenters. The molecule has 1 rings (SSSR count). The van der Waals surface area contributed by atoms with Crippen LogP contribution in [0.1, 0.15) is 25.3 Å². The van der Waals surface area contributed by atoms with Gasteiger partial charge in [0.25, 0.3) is 0 Å². The maximum absolute atomic E-state index is 11.5. The molecular formula is C12H17NO. The Morgan fingerprint density at radius 1 is 1.29 bits per heavy atom. The third kappa shape index (κ3) is 3.21. The summed E-state index contributed by atoms with van der Waals surface area (Å²) in [7, 11) is 1.85. The van der Waals surface area contributed by atoms with Gasteiger partial charge in [0.15, 0.2) is 0 Å². The summed E-state index contributed by atoms with van der Waals surface area (Å²) in [5.41, 5.74) is 1.18. The van der Waals surface area contributed by atoms with Crippen molar-refractivity contribution < 1.29 is 4.79 Å². The van der Waals surface area contributed by atoms with Crippen molar-refractivity contribution in [3.63, 3.8) is 0 Å². The fourth-order valence-electron chi connectivity index (χ4n) is 1.35. The quantitative estimate of drug-likeness (QED) is 0.715. The third-order valence-electron chi connectivity index (χ3n) is 2.15. The average Bonchev–Trinajstić information content (AvgIpc) is 2.19. The van der Waals surface area contributed by atoms with Crippen LogP contribution in [0.15, 0.2) is 30.3 Å². The number of carbonyl (C=O) groups is 1. The number of nitrogens with zero attached hydrogens (tertiary/aromatic N) is 1. The molecule has 0 N–H and O–H groups in total. The van der Waals surface area contributed by atoms with E-state index in [9.17, 15) is 4.79 Å². The molecule has 0 saturated carbocycles. The van der Waals surface area contributed by atoms with Crippen molar-refractivity contribution in [1.82, 2.24) is 4.90 Å². The summed E-state index contributed by atoms with van der Waals surface area (Å²) >= 11 is 0. The monoisotopic (exact) mass is 191 g/mol. The number of benzene rings is 1. The topological polar surface area (TPSA) is 20.3 Å². The molecule has 0 heterocycles. The van der Waals surface area contributed by atoms with Crippen molar-refractivity contribution in [1.29, 1.82) is 0 Å². The van der Waals surface area contributed by atoms with Crippen molar-refractivity contribution in [2.45, 2.75) is 26.3 Å². The predicted octanol–water partition coefficient (Wildman–Crippen LogP) is 2.45. The van der Waals surface area contributed by atoms with Crippen LogP contribution in [0.25, 0.3) is 0 Å². The van der Waals surface area contributed by atoms with Gasteiger partial charge < -0.3 is 4.90 Å². The molecule has 1 aromatic rings. The summed E-state index contributed by atoms with van der Waals surface area (Å²) in [5, 5.41) is 0. The first-order valence-corrected chi connectivity index (χ1v) is 5.02. The first kappa shape index (κ1) is 10.8. The van der Waals surface area contributed by atoms with Crippen molar-refractivity contribution >= 4 is 5.91 Å². The first-order valence-electron chi connectivity index (χ1n) is 5.02. The molecule has 0 aromatic heterocycles. The van der Waals surface area contributed by atoms with E-state index in [0.717, 1.165) is 6.42 Å². The van der Waals surface area contributed by atoms with Crippen molar-refractivity contribution in [2.75, 3.05) is 7.05 Å². The Labute approximate surface area is 85.5 Å². The van der Waals surface area contributed by atoms with Crippen LogP contribution in [-0.2, 0) is 11.3 Å². The molecule has 0 spiro atoms. The highest BCUT2D eigenvalue weighted by molar-refractivity contribution is 5.75. The third-order valence-corrected chi connectivity index (χ3v) is 2.15. The fraction of sp³-hybridized carbons (Fsp3) is 0.417. The standard InChI is InChI=1S/C12H17NO/c1-3-7-12(14)13(2)10-11-8-5-4-6-9-11/h4-6,8-9H,3,7,10H2,1-2H3. The van der Waals surface area contributed by atoms with Gasteiger partial charge >= 0.3 is 0 Å². The summed E-state index contributed by atoms with van der Waals surface area (Å²) in [6.45, 7) is 2.73. The zero-order chi connectivity index (χ0) is 10.4. The fourth-order valence-corrected chi connectivity index (χ4v) is 1.35. The lowest BCUT2D eigenvalue weighted by atomic mass is 10.2. The highest BCUT2D eigenvalue weighted by atomic mass is 16.2. The van der Waals surface area contributed by atoms with Crippen LogP contribution in [0, 0.1) is 0 Å². The first-order chi connectivity index (χ1) is 6.74. The molecule has 0 aliphatic carbocycles. The molecule has 76 valence electrons. The van der Waals surface area contributed by atoms with Crippen molar-refractivity contribution in [2.24, 2.45) is 0 Å². The number of rotatable bonds is 4. The molecule has 0 saturated heterocycles. The van der Waals surface area contributed by atoms with E-state index in [2.05, 4.69) is 0 Å². The van der Waals surface area contributed by atoms with Gasteiger partial charge in [-0.25, -0.2) is 0 Å². The van der Waals surface area contributed by atoms with Gasteiger partial charge in [-0.2, -0.15) is 0 Å². The van der Waals surface area contributed by atoms with E-state index in [4.69, 9.17) is 0 Å². The van der Waals surface area contributed by atoms with Crippen molar-refractivity contribution in [3.05, 3.63) is 35.9 Å². The summed E-state index contributed by atoms with van der Waals surface area (Å²) in [5.74, 6) is 0.219. The summed E-state index contributed by atoms with van der Waals surface area (Å²) in [6.07, 6.45) is 1.56. The normalized spacial score (nSPS) is 9.86. The van der Waals surface area contributed by atoms with E-state index < -0.39 is 0 Å². The Morgan fingerprint density at radius 3 is 2.50 bits per heavy atom. The van der Waals surface area contributed by atoms with E-state index in [1.165, 1.54) is 5.56 Å². The van der Waals surface area contributed by atoms with Gasteiger partial charge in [-0.1, -0.05) is 37.3 Å². The van der Waals surface area contributed by atoms with E-state index in [0.29, 0.717) is 13.0 Å². The van der Waals surface area contributed by atoms with Crippen LogP contribution in [0.5, 0.6) is 0 Å². The zero-order valence-corrected chi connectivity index (χ0v) is 8.86. The number of hydrogen-bond donors (Lipinski definition) is 0. The molecule has 0 bridgehead atoms. The van der Waals surface area contributed by atoms with Gasteiger partial charge in [-0.15, -0.1) is 0 Å². The average molecular weight is 191 g/mol. The van der Waals surface area contributed by atoms with Gasteiger partial charge in [0.05, 0.1) is 0 Å². The largest absolute Gasteiger partial charge is 0.341 e. The molecule has 0 unspecified atom stereocenters. The Morgan fingerprint density at radius 2 is 1.93 bits per heavy atom. The second kappa shape index (κ2) is 5.43. The molecule has 0 aliphatic rings. The number of hydrogen-bond acceptors (Lipinski definition) is 1. The van der Waals surface area contributed by atoms with Gasteiger partial charge in [0.1, 0.15) is 0 Å². The summed E-state index contributed by atoms with van der Waals surface area (Å²) in [6, 6.07) is 10.0. The zero-order valence-electron chi connectivity index (χ0n) is 8.86. The molecular weight excluding hydrogens is 174 g/mol. The minimum atomic E-state index is 0.219. The summed E-state index contributed by atoms with van der Waals surface area (Å²) < 4.78 is 0. The predicted molar refractivity (Wildman–Crippen MR) is 57.8 cm³/mol. The van der Waals surface area contributed by atoms with Gasteiger partial charge in [0.2, 0.25) is 5.91 Å². The van der Waals surface area contributed by atoms with Crippen LogP contribution < -0.4 is 0 Å². The number of carbonyl (C=O) groups excluding carboxylic acids is 1. The van der Waals surface area contributed by atoms with Crippen LogP contribution >= 0.6 is 0 Å². The highest BCUT2D eigenvalue weighted by Gasteiger charge is 2.06. The van der Waals surface area contributed by atoms with Gasteiger partial charge in [0, 0.05) is 20.0 Å². The Hall–Kier alpha value is -1.31. The second-order valence-corrected chi connectivity index (χ2v) is 3.49. The molecule has 2 heteroatoms. The minimum Gasteiger partial charge on any atom is -0.341 e. The lowest BCUT2D eigenvalue weighted by molar-refractivity contribution is -0.130. The van der Waals surface area contributed by atoms with E-state index in [-0.39, 0.29) is 5.91 Å². The number of amides is 1. The van der Waals surface area contributed by atoms with Gasteiger partial charge in [-0.3, -0.25) is 4.79 Å². The summed E-state index contributed by atoms with van der Waals surface area (Å²) in [4.78, 5) is 13.2. The molecule has 0 radical (unpaired) electrons. The molecule has 1 aromatic carbocycles. The molecule has 14 heavy (non-hydrogen) atoms. The van der Waals surface area contributed by atoms with Crippen LogP contribution in [-0.4, -0.2) is 17.9 Å². The van der Waals surface area contributed by atoms with E-state index >= 15 is 0 Å². The Kier molecular flexibility index (Phi) is 4.17. The molecule has 0 aliphatic heterocycles. The van der Waals surface area contributed by atoms with Crippen LogP contribution in [0.2, 0.25) is 0 Å². The Balaban J connectivity index is 2.49. The minimum absolute atomic E-state index is 0.219. The lowest BCUT2D eigenvalue weighted by Gasteiger charge is -2.16. The van der Waals surface area contributed by atoms with Crippen LogP contribution in [0.4, 0.5) is 0 Å². The SMILES string of the molecule is CCCC(=O)N(C)Cc1ccccc1. The second-order valence-electron chi connectivity index (χ2n) is 3.49. The van der Waals surface area contributed by atoms with Gasteiger partial charge in [-0.05, 0) is 12.0 Å².